The second-order valence-corrected chi connectivity index (χ2v) is 7.34. The second-order valence-electron chi connectivity index (χ2n) is 6.55. The Labute approximate surface area is 225 Å². The lowest BCUT2D eigenvalue weighted by Gasteiger charge is -2.02. The highest BCUT2D eigenvalue weighted by atomic mass is 79.9. The highest BCUT2D eigenvalue weighted by molar-refractivity contribution is 9.09. The molecule has 0 saturated heterocycles. The summed E-state index contributed by atoms with van der Waals surface area (Å²) in [6, 6.07) is 17.4. The molecule has 0 aliphatic carbocycles. The van der Waals surface area contributed by atoms with E-state index in [1.54, 1.807) is 24.3 Å². The van der Waals surface area contributed by atoms with Crippen LogP contribution >= 0.6 is 15.9 Å². The van der Waals surface area contributed by atoms with Gasteiger partial charge < -0.3 is 20.3 Å². The number of ether oxygens (including phenoxy) is 2. The van der Waals surface area contributed by atoms with Crippen LogP contribution in [-0.2, 0) is 0 Å². The molecule has 0 aromatic heterocycles. The van der Waals surface area contributed by atoms with Gasteiger partial charge in [0.1, 0.15) is 43.8 Å². The Morgan fingerprint density at radius 1 is 0.711 bits per heavy atom. The number of nitrogens with two attached hydrogens (primary N) is 1. The topological polar surface area (TPSA) is 151 Å². The average Bonchev–Trinajstić information content (AvgIpc) is 2.93. The number of phenolic OH excluding ortho intramolecular Hbond substituents is 1. The third-order valence-electron chi connectivity index (χ3n) is 3.75. The molecule has 3 rings (SSSR count). The van der Waals surface area contributed by atoms with E-state index in [1.807, 2.05) is 0 Å². The molecule has 0 fully saturated rings. The molecular weight excluding hydrogens is 579 g/mol. The van der Waals surface area contributed by atoms with Crippen LogP contribution in [0, 0.1) is 20.2 Å². The molecule has 0 aliphatic heterocycles. The van der Waals surface area contributed by atoms with Crippen molar-refractivity contribution in [1.29, 1.82) is 0 Å². The van der Waals surface area contributed by atoms with Crippen LogP contribution in [0.3, 0.4) is 0 Å². The van der Waals surface area contributed by atoms with Crippen molar-refractivity contribution < 1.29 is 37.6 Å². The summed E-state index contributed by atoms with van der Waals surface area (Å²) in [6.45, 7) is -1.23. The first-order valence-corrected chi connectivity index (χ1v) is 11.8. The van der Waals surface area contributed by atoms with Crippen molar-refractivity contribution in [2.45, 2.75) is 0 Å². The number of anilines is 1. The molecule has 0 bridgehead atoms. The monoisotopic (exact) mass is 605 g/mol. The van der Waals surface area contributed by atoms with Crippen molar-refractivity contribution in [2.75, 3.05) is 44.3 Å². The maximum atomic E-state index is 11.7. The molecule has 0 saturated carbocycles. The summed E-state index contributed by atoms with van der Waals surface area (Å²) in [5.41, 5.74) is 6.08. The van der Waals surface area contributed by atoms with Crippen LogP contribution < -0.4 is 15.2 Å². The standard InChI is InChI=1S/C8H8FNO3.C8H10FNO.C6H5NO3.C2H4BrF/c9-5-6-13-8-3-1-7(2-4-8)10(11)12;9-5-6-11-8-3-1-7(10)2-4-8;8-6-3-1-5(2-4-6)7(9)10;3-1-2-4/h1-4H,5-6H2;1-4H,5-6,10H2;1-4,8H;1-2H2. The number of hydrogen-bond acceptors (Lipinski definition) is 8. The van der Waals surface area contributed by atoms with E-state index in [0.29, 0.717) is 22.5 Å². The molecule has 3 aromatic rings. The third kappa shape index (κ3) is 16.6. The normalized spacial score (nSPS) is 9.26. The highest BCUT2D eigenvalue weighted by Crippen LogP contribution is 2.17. The van der Waals surface area contributed by atoms with Crippen molar-refractivity contribution in [2.24, 2.45) is 0 Å². The molecule has 208 valence electrons. The van der Waals surface area contributed by atoms with Gasteiger partial charge in [-0.15, -0.1) is 0 Å². The lowest BCUT2D eigenvalue weighted by molar-refractivity contribution is -0.385. The van der Waals surface area contributed by atoms with Gasteiger partial charge in [0.05, 0.1) is 16.5 Å². The number of nitrogen functional groups attached to an aromatic ring is 1. The molecule has 3 N–H and O–H groups in total. The van der Waals surface area contributed by atoms with E-state index in [9.17, 15) is 33.4 Å². The summed E-state index contributed by atoms with van der Waals surface area (Å²) in [6.07, 6.45) is 0. The summed E-state index contributed by atoms with van der Waals surface area (Å²) in [4.78, 5) is 19.3. The summed E-state index contributed by atoms with van der Waals surface area (Å²) < 4.78 is 43.8. The minimum atomic E-state index is -0.572. The summed E-state index contributed by atoms with van der Waals surface area (Å²) >= 11 is 2.87. The van der Waals surface area contributed by atoms with Crippen LogP contribution in [0.1, 0.15) is 0 Å². The zero-order valence-corrected chi connectivity index (χ0v) is 21.6. The van der Waals surface area contributed by atoms with Crippen molar-refractivity contribution in [1.82, 2.24) is 0 Å². The second kappa shape index (κ2) is 21.1. The maximum Gasteiger partial charge on any atom is 0.269 e. The molecule has 0 spiro atoms. The minimum Gasteiger partial charge on any atom is -0.508 e. The number of halogens is 4. The Morgan fingerprint density at radius 2 is 1.05 bits per heavy atom. The fourth-order valence-electron chi connectivity index (χ4n) is 2.12. The number of nitrogens with zero attached hydrogens (tertiary/aromatic N) is 2. The number of alkyl halides is 4. The molecule has 10 nitrogen and oxygen atoms in total. The molecule has 38 heavy (non-hydrogen) atoms. The van der Waals surface area contributed by atoms with Gasteiger partial charge in [-0.05, 0) is 48.5 Å². The zero-order chi connectivity index (χ0) is 28.8. The van der Waals surface area contributed by atoms with Gasteiger partial charge in [-0.3, -0.25) is 24.6 Å². The van der Waals surface area contributed by atoms with Crippen molar-refractivity contribution in [3.8, 4) is 17.2 Å². The van der Waals surface area contributed by atoms with Gasteiger partial charge in [-0.2, -0.15) is 0 Å². The van der Waals surface area contributed by atoms with Crippen LogP contribution in [-0.4, -0.2) is 53.5 Å². The van der Waals surface area contributed by atoms with Crippen molar-refractivity contribution in [3.63, 3.8) is 0 Å². The van der Waals surface area contributed by atoms with Crippen molar-refractivity contribution in [3.05, 3.63) is 93.0 Å². The van der Waals surface area contributed by atoms with Crippen LogP contribution in [0.4, 0.5) is 30.2 Å². The van der Waals surface area contributed by atoms with Gasteiger partial charge in [0.25, 0.3) is 11.4 Å². The van der Waals surface area contributed by atoms with Gasteiger partial charge in [0.15, 0.2) is 0 Å². The fraction of sp³-hybridized carbons (Fsp3) is 0.250. The van der Waals surface area contributed by atoms with Crippen LogP contribution in [0.25, 0.3) is 0 Å². The fourth-order valence-corrected chi connectivity index (χ4v) is 2.12. The Balaban J connectivity index is 0.000000508. The third-order valence-corrected chi connectivity index (χ3v) is 4.05. The number of phenols is 1. The quantitative estimate of drug-likeness (QED) is 0.126. The van der Waals surface area contributed by atoms with Gasteiger partial charge >= 0.3 is 0 Å². The first-order valence-electron chi connectivity index (χ1n) is 10.7. The maximum absolute atomic E-state index is 11.7. The lowest BCUT2D eigenvalue weighted by Crippen LogP contribution is -1.98. The first-order chi connectivity index (χ1) is 18.2. The smallest absolute Gasteiger partial charge is 0.269 e. The van der Waals surface area contributed by atoms with E-state index in [0.717, 1.165) is 0 Å². The Hall–Kier alpha value is -4.07. The SMILES string of the molecule is FCCBr.Nc1ccc(OCCF)cc1.O=[N+]([O-])c1ccc(O)cc1.O=[N+]([O-])c1ccc(OCCF)cc1. The van der Waals surface area contributed by atoms with E-state index in [1.165, 1.54) is 48.5 Å². The molecule has 0 unspecified atom stereocenters. The number of nitro groups is 2. The summed E-state index contributed by atoms with van der Waals surface area (Å²) in [7, 11) is 0. The minimum absolute atomic E-state index is 0.00685. The number of rotatable bonds is 9. The van der Waals surface area contributed by atoms with Gasteiger partial charge in [0, 0.05) is 35.3 Å². The summed E-state index contributed by atoms with van der Waals surface area (Å²) in [5.74, 6) is 1.12. The Bertz CT molecular complexity index is 1040. The number of aromatic hydroxyl groups is 1. The molecule has 3 aromatic carbocycles. The average molecular weight is 606 g/mol. The van der Waals surface area contributed by atoms with Gasteiger partial charge in [-0.1, -0.05) is 15.9 Å². The number of non-ortho nitro benzene ring substituents is 2. The van der Waals surface area contributed by atoms with Crippen molar-refractivity contribution >= 4 is 33.0 Å². The number of hydrogen-bond donors (Lipinski definition) is 2. The van der Waals surface area contributed by atoms with E-state index >= 15 is 0 Å². The highest BCUT2D eigenvalue weighted by Gasteiger charge is 2.04. The van der Waals surface area contributed by atoms with Crippen LogP contribution in [0.5, 0.6) is 17.2 Å². The lowest BCUT2D eigenvalue weighted by atomic mass is 10.3. The zero-order valence-electron chi connectivity index (χ0n) is 20.1. The molecule has 0 heterocycles. The largest absolute Gasteiger partial charge is 0.508 e. The first kappa shape index (κ1) is 33.9. The number of nitro benzene ring substituents is 2. The van der Waals surface area contributed by atoms with E-state index < -0.39 is 23.2 Å². The Morgan fingerprint density at radius 3 is 1.37 bits per heavy atom. The van der Waals surface area contributed by atoms with E-state index in [-0.39, 0.29) is 37.0 Å². The van der Waals surface area contributed by atoms with Crippen LogP contribution in [0.2, 0.25) is 0 Å². The van der Waals surface area contributed by atoms with E-state index in [2.05, 4.69) is 15.9 Å². The Kier molecular flexibility index (Phi) is 18.8. The van der Waals surface area contributed by atoms with Gasteiger partial charge in [0.2, 0.25) is 0 Å². The predicted octanol–water partition coefficient (Wildman–Crippen LogP) is 6.21. The molecule has 0 radical (unpaired) electrons. The van der Waals surface area contributed by atoms with E-state index in [4.69, 9.17) is 20.3 Å². The van der Waals surface area contributed by atoms with Crippen LogP contribution in [0.15, 0.2) is 72.8 Å². The number of benzene rings is 3. The molecule has 0 atom stereocenters. The molecule has 0 aliphatic rings. The van der Waals surface area contributed by atoms with Gasteiger partial charge in [-0.25, -0.2) is 8.78 Å². The predicted molar refractivity (Wildman–Crippen MR) is 141 cm³/mol. The molecule has 0 amide bonds. The summed E-state index contributed by atoms with van der Waals surface area (Å²) in [5, 5.41) is 29.4. The molecular formula is C24H27BrF3N3O7. The molecule has 14 heteroatoms.